The van der Waals surface area contributed by atoms with Gasteiger partial charge in [-0.2, -0.15) is 0 Å². The van der Waals surface area contributed by atoms with Crippen LogP contribution in [0.15, 0.2) is 11.8 Å². The largest absolute Gasteiger partial charge is 0.515 e. The van der Waals surface area contributed by atoms with Gasteiger partial charge >= 0.3 is 0 Å². The Hall–Kier alpha value is -0.870. The van der Waals surface area contributed by atoms with Gasteiger partial charge < -0.3 is 14.6 Å². The molecule has 112 valence electrons. The number of carbonyl (C=O) groups excluding carboxylic acids is 1. The molecular formula is C16H24O4. The average Bonchev–Trinajstić information content (AvgIpc) is 2.88. The fourth-order valence-corrected chi connectivity index (χ4v) is 4.81. The zero-order valence-electron chi connectivity index (χ0n) is 12.6. The lowest BCUT2D eigenvalue weighted by Crippen LogP contribution is -2.61. The SMILES string of the molecule is CC1(C)[C@@H]2CC/C(=C\O)C(=O)[C@@]2(C)CCC12OCCO2. The molecule has 0 aromatic heterocycles. The minimum atomic E-state index is -0.530. The van der Waals surface area contributed by atoms with Crippen molar-refractivity contribution in [2.24, 2.45) is 16.7 Å². The van der Waals surface area contributed by atoms with Crippen molar-refractivity contribution in [1.29, 1.82) is 0 Å². The minimum Gasteiger partial charge on any atom is -0.515 e. The van der Waals surface area contributed by atoms with Crippen LogP contribution < -0.4 is 0 Å². The summed E-state index contributed by atoms with van der Waals surface area (Å²) in [4.78, 5) is 12.7. The van der Waals surface area contributed by atoms with Crippen molar-refractivity contribution in [3.8, 4) is 0 Å². The van der Waals surface area contributed by atoms with Crippen LogP contribution >= 0.6 is 0 Å². The Morgan fingerprint density at radius 1 is 1.20 bits per heavy atom. The summed E-state index contributed by atoms with van der Waals surface area (Å²) in [5.74, 6) is -0.201. The number of Topliss-reactive ketones (excluding diaryl/α,β-unsaturated/α-hetero) is 1. The van der Waals surface area contributed by atoms with Crippen LogP contribution in [0.4, 0.5) is 0 Å². The molecule has 0 radical (unpaired) electrons. The van der Waals surface area contributed by atoms with E-state index in [1.807, 2.05) is 6.92 Å². The van der Waals surface area contributed by atoms with Crippen LogP contribution in [0.5, 0.6) is 0 Å². The molecule has 4 nitrogen and oxygen atoms in total. The number of ketones is 1. The molecule has 1 N–H and O–H groups in total. The first kappa shape index (κ1) is 14.1. The van der Waals surface area contributed by atoms with E-state index in [1.165, 1.54) is 0 Å². The first-order valence-electron chi connectivity index (χ1n) is 7.53. The summed E-state index contributed by atoms with van der Waals surface area (Å²) in [5, 5.41) is 9.27. The molecule has 0 unspecified atom stereocenters. The lowest BCUT2D eigenvalue weighted by Gasteiger charge is -2.59. The molecule has 0 aromatic rings. The number of allylic oxidation sites excluding steroid dienone is 1. The monoisotopic (exact) mass is 280 g/mol. The Bertz CT molecular complexity index is 459. The first-order chi connectivity index (χ1) is 9.37. The van der Waals surface area contributed by atoms with Gasteiger partial charge in [-0.15, -0.1) is 0 Å². The van der Waals surface area contributed by atoms with E-state index in [-0.39, 0.29) is 17.1 Å². The maximum atomic E-state index is 12.7. The molecule has 3 rings (SSSR count). The van der Waals surface area contributed by atoms with E-state index in [4.69, 9.17) is 9.47 Å². The minimum absolute atomic E-state index is 0.108. The molecule has 1 heterocycles. The summed E-state index contributed by atoms with van der Waals surface area (Å²) in [6, 6.07) is 0. The van der Waals surface area contributed by atoms with Crippen molar-refractivity contribution in [2.75, 3.05) is 13.2 Å². The molecular weight excluding hydrogens is 256 g/mol. The van der Waals surface area contributed by atoms with E-state index < -0.39 is 11.2 Å². The quantitative estimate of drug-likeness (QED) is 0.547. The summed E-state index contributed by atoms with van der Waals surface area (Å²) in [6.45, 7) is 7.67. The van der Waals surface area contributed by atoms with Crippen LogP contribution in [0.1, 0.15) is 46.5 Å². The summed E-state index contributed by atoms with van der Waals surface area (Å²) < 4.78 is 12.0. The molecule has 0 amide bonds. The predicted molar refractivity (Wildman–Crippen MR) is 74.2 cm³/mol. The molecule has 2 saturated carbocycles. The lowest BCUT2D eigenvalue weighted by atomic mass is 9.48. The van der Waals surface area contributed by atoms with Gasteiger partial charge in [0.1, 0.15) is 0 Å². The van der Waals surface area contributed by atoms with Crippen LogP contribution in [-0.2, 0) is 14.3 Å². The molecule has 20 heavy (non-hydrogen) atoms. The number of hydrogen-bond donors (Lipinski definition) is 1. The van der Waals surface area contributed by atoms with E-state index in [9.17, 15) is 9.90 Å². The van der Waals surface area contributed by atoms with Gasteiger partial charge in [-0.1, -0.05) is 20.8 Å². The molecule has 2 aliphatic carbocycles. The van der Waals surface area contributed by atoms with Gasteiger partial charge in [-0.25, -0.2) is 0 Å². The molecule has 3 fully saturated rings. The molecule has 0 bridgehead atoms. The maximum absolute atomic E-state index is 12.7. The molecule has 3 aliphatic rings. The standard InChI is InChI=1S/C16H24O4/c1-14(2)12-5-4-11(10-17)13(18)15(12,3)6-7-16(14)19-8-9-20-16/h10,12,17H,4-9H2,1-3H3/b11-10+/t12-,15-/m0/s1. The van der Waals surface area contributed by atoms with Crippen molar-refractivity contribution >= 4 is 5.78 Å². The third-order valence-corrected chi connectivity index (χ3v) is 6.02. The number of carbonyl (C=O) groups is 1. The van der Waals surface area contributed by atoms with Crippen molar-refractivity contribution in [3.05, 3.63) is 11.8 Å². The molecule has 1 saturated heterocycles. The van der Waals surface area contributed by atoms with E-state index in [0.29, 0.717) is 25.2 Å². The van der Waals surface area contributed by atoms with Crippen LogP contribution in [0.25, 0.3) is 0 Å². The smallest absolute Gasteiger partial charge is 0.173 e. The Balaban J connectivity index is 2.00. The number of aliphatic hydroxyl groups is 1. The highest BCUT2D eigenvalue weighted by Crippen LogP contribution is 2.62. The fourth-order valence-electron chi connectivity index (χ4n) is 4.81. The topological polar surface area (TPSA) is 55.8 Å². The second kappa shape index (κ2) is 4.31. The van der Waals surface area contributed by atoms with Crippen molar-refractivity contribution in [2.45, 2.75) is 52.2 Å². The van der Waals surface area contributed by atoms with E-state index >= 15 is 0 Å². The number of aliphatic hydroxyl groups excluding tert-OH is 1. The predicted octanol–water partition coefficient (Wildman–Crippen LogP) is 2.98. The highest BCUT2D eigenvalue weighted by molar-refractivity contribution is 6.00. The van der Waals surface area contributed by atoms with Crippen LogP contribution in [-0.4, -0.2) is 29.9 Å². The average molecular weight is 280 g/mol. The van der Waals surface area contributed by atoms with Gasteiger partial charge in [0.2, 0.25) is 0 Å². The summed E-state index contributed by atoms with van der Waals surface area (Å²) >= 11 is 0. The molecule has 4 heteroatoms. The molecule has 1 aliphatic heterocycles. The van der Waals surface area contributed by atoms with E-state index in [2.05, 4.69) is 13.8 Å². The van der Waals surface area contributed by atoms with Gasteiger partial charge in [-0.3, -0.25) is 4.79 Å². The third kappa shape index (κ3) is 1.58. The normalized spacial score (nSPS) is 41.0. The highest BCUT2D eigenvalue weighted by Gasteiger charge is 2.64. The fraction of sp³-hybridized carbons (Fsp3) is 0.812. The van der Waals surface area contributed by atoms with E-state index in [0.717, 1.165) is 25.5 Å². The maximum Gasteiger partial charge on any atom is 0.173 e. The van der Waals surface area contributed by atoms with Gasteiger partial charge in [0.05, 0.1) is 19.5 Å². The summed E-state index contributed by atoms with van der Waals surface area (Å²) in [7, 11) is 0. The van der Waals surface area contributed by atoms with Crippen LogP contribution in [0, 0.1) is 16.7 Å². The number of rotatable bonds is 0. The zero-order chi connectivity index (χ0) is 14.6. The first-order valence-corrected chi connectivity index (χ1v) is 7.53. The van der Waals surface area contributed by atoms with Gasteiger partial charge in [0, 0.05) is 22.8 Å². The van der Waals surface area contributed by atoms with Gasteiger partial charge in [0.25, 0.3) is 0 Å². The van der Waals surface area contributed by atoms with Crippen molar-refractivity contribution in [1.82, 2.24) is 0 Å². The number of hydrogen-bond acceptors (Lipinski definition) is 4. The molecule has 0 aromatic carbocycles. The van der Waals surface area contributed by atoms with Crippen LogP contribution in [0.2, 0.25) is 0 Å². The summed E-state index contributed by atoms with van der Waals surface area (Å²) in [5.41, 5.74) is -0.0342. The third-order valence-electron chi connectivity index (χ3n) is 6.02. The molecule has 1 spiro atoms. The van der Waals surface area contributed by atoms with Gasteiger partial charge in [-0.05, 0) is 25.2 Å². The Morgan fingerprint density at radius 3 is 2.45 bits per heavy atom. The van der Waals surface area contributed by atoms with Crippen LogP contribution in [0.3, 0.4) is 0 Å². The summed E-state index contributed by atoms with van der Waals surface area (Å²) in [6.07, 6.45) is 4.06. The zero-order valence-corrected chi connectivity index (χ0v) is 12.6. The Labute approximate surface area is 120 Å². The second-order valence-corrected chi connectivity index (χ2v) is 7.16. The number of ether oxygens (including phenoxy) is 2. The van der Waals surface area contributed by atoms with Gasteiger partial charge in [0.15, 0.2) is 11.6 Å². The second-order valence-electron chi connectivity index (χ2n) is 7.16. The lowest BCUT2D eigenvalue weighted by molar-refractivity contribution is -0.281. The van der Waals surface area contributed by atoms with Crippen molar-refractivity contribution < 1.29 is 19.4 Å². The van der Waals surface area contributed by atoms with Crippen molar-refractivity contribution in [3.63, 3.8) is 0 Å². The Morgan fingerprint density at radius 2 is 1.85 bits per heavy atom. The number of fused-ring (bicyclic) bond motifs is 1. The highest BCUT2D eigenvalue weighted by atomic mass is 16.7. The van der Waals surface area contributed by atoms with E-state index in [1.54, 1.807) is 0 Å². The molecule has 2 atom stereocenters. The Kier molecular flexibility index (Phi) is 3.04.